The number of nitrogens with one attached hydrogen (secondary N) is 1. The Bertz CT molecular complexity index is 609. The fourth-order valence-corrected chi connectivity index (χ4v) is 1.90. The number of aromatic nitrogens is 2. The van der Waals surface area contributed by atoms with E-state index in [1.54, 1.807) is 19.1 Å². The van der Waals surface area contributed by atoms with Crippen LogP contribution in [0.3, 0.4) is 0 Å². The van der Waals surface area contributed by atoms with E-state index in [-0.39, 0.29) is 5.78 Å². The van der Waals surface area contributed by atoms with Gasteiger partial charge in [-0.3, -0.25) is 4.79 Å². The molecule has 0 saturated carbocycles. The topological polar surface area (TPSA) is 73.4 Å². The highest BCUT2D eigenvalue weighted by molar-refractivity contribution is 6.08. The van der Waals surface area contributed by atoms with E-state index in [0.717, 1.165) is 0 Å². The number of aromatic amines is 1. The van der Waals surface area contributed by atoms with Crippen LogP contribution >= 0.6 is 0 Å². The molecule has 0 saturated heterocycles. The van der Waals surface area contributed by atoms with Crippen LogP contribution in [-0.4, -0.2) is 37.1 Å². The predicted octanol–water partition coefficient (Wildman–Crippen LogP) is 1.97. The summed E-state index contributed by atoms with van der Waals surface area (Å²) in [7, 11) is 4.53. The molecule has 0 aliphatic rings. The summed E-state index contributed by atoms with van der Waals surface area (Å²) in [6, 6.07) is 3.22. The Hall–Kier alpha value is -2.50. The van der Waals surface area contributed by atoms with Crippen molar-refractivity contribution in [2.24, 2.45) is 0 Å². The predicted molar refractivity (Wildman–Crippen MR) is 72.9 cm³/mol. The largest absolute Gasteiger partial charge is 0.493 e. The van der Waals surface area contributed by atoms with Gasteiger partial charge >= 0.3 is 0 Å². The van der Waals surface area contributed by atoms with E-state index in [2.05, 4.69) is 9.97 Å². The van der Waals surface area contributed by atoms with Crippen LogP contribution in [-0.2, 0) is 0 Å². The second-order valence-corrected chi connectivity index (χ2v) is 4.13. The highest BCUT2D eigenvalue weighted by Gasteiger charge is 2.18. The maximum Gasteiger partial charge on any atom is 0.211 e. The van der Waals surface area contributed by atoms with E-state index in [9.17, 15) is 4.79 Å². The second kappa shape index (κ2) is 5.64. The van der Waals surface area contributed by atoms with Gasteiger partial charge in [0.05, 0.1) is 27.5 Å². The molecule has 2 rings (SSSR count). The summed E-state index contributed by atoms with van der Waals surface area (Å²) in [5, 5.41) is 0. The number of rotatable bonds is 5. The second-order valence-electron chi connectivity index (χ2n) is 4.13. The number of benzene rings is 1. The molecule has 1 N–H and O–H groups in total. The van der Waals surface area contributed by atoms with Crippen LogP contribution in [0.15, 0.2) is 18.3 Å². The van der Waals surface area contributed by atoms with Crippen LogP contribution in [0.25, 0.3) is 0 Å². The van der Waals surface area contributed by atoms with Crippen molar-refractivity contribution in [3.8, 4) is 17.2 Å². The van der Waals surface area contributed by atoms with Gasteiger partial charge in [0, 0.05) is 5.56 Å². The Morgan fingerprint density at radius 3 is 2.10 bits per heavy atom. The highest BCUT2D eigenvalue weighted by atomic mass is 16.5. The molecule has 20 heavy (non-hydrogen) atoms. The lowest BCUT2D eigenvalue weighted by Gasteiger charge is -2.13. The van der Waals surface area contributed by atoms with Gasteiger partial charge in [0.2, 0.25) is 11.5 Å². The Labute approximate surface area is 116 Å². The molecule has 0 atom stereocenters. The van der Waals surface area contributed by atoms with Gasteiger partial charge in [-0.05, 0) is 19.1 Å². The monoisotopic (exact) mass is 276 g/mol. The van der Waals surface area contributed by atoms with E-state index in [1.165, 1.54) is 27.5 Å². The standard InChI is InChI=1S/C14H16N2O4/c1-8-15-7-10(16-8)13(17)9-5-11(18-2)14(20-4)12(6-9)19-3/h5-7H,1-4H3,(H,15,16). The van der Waals surface area contributed by atoms with E-state index in [1.807, 2.05) is 0 Å². The number of imidazole rings is 1. The maximum atomic E-state index is 12.4. The van der Waals surface area contributed by atoms with Crippen LogP contribution in [0, 0.1) is 6.92 Å². The van der Waals surface area contributed by atoms with Crippen LogP contribution in [0.4, 0.5) is 0 Å². The third-order valence-electron chi connectivity index (χ3n) is 2.87. The average molecular weight is 276 g/mol. The van der Waals surface area contributed by atoms with E-state index in [4.69, 9.17) is 14.2 Å². The lowest BCUT2D eigenvalue weighted by Crippen LogP contribution is -2.04. The molecule has 6 heteroatoms. The van der Waals surface area contributed by atoms with Gasteiger partial charge in [0.15, 0.2) is 11.5 Å². The number of hydrogen-bond acceptors (Lipinski definition) is 5. The zero-order valence-corrected chi connectivity index (χ0v) is 11.8. The summed E-state index contributed by atoms with van der Waals surface area (Å²) in [6.45, 7) is 1.78. The SMILES string of the molecule is COc1cc(C(=O)c2cnc(C)[nH]2)cc(OC)c1OC. The first-order chi connectivity index (χ1) is 9.60. The van der Waals surface area contributed by atoms with E-state index >= 15 is 0 Å². The molecular weight excluding hydrogens is 260 g/mol. The maximum absolute atomic E-state index is 12.4. The summed E-state index contributed by atoms with van der Waals surface area (Å²) in [4.78, 5) is 19.3. The van der Waals surface area contributed by atoms with Crippen molar-refractivity contribution in [1.29, 1.82) is 0 Å². The zero-order chi connectivity index (χ0) is 14.7. The third kappa shape index (κ3) is 2.45. The number of carbonyl (C=O) groups excluding carboxylic acids is 1. The third-order valence-corrected chi connectivity index (χ3v) is 2.87. The van der Waals surface area contributed by atoms with Crippen molar-refractivity contribution in [3.63, 3.8) is 0 Å². The number of hydrogen-bond donors (Lipinski definition) is 1. The molecule has 1 aromatic carbocycles. The molecule has 0 spiro atoms. The Morgan fingerprint density at radius 2 is 1.70 bits per heavy atom. The van der Waals surface area contributed by atoms with Crippen molar-refractivity contribution in [2.45, 2.75) is 6.92 Å². The minimum absolute atomic E-state index is 0.190. The van der Waals surface area contributed by atoms with Gasteiger partial charge in [-0.25, -0.2) is 4.98 Å². The molecule has 106 valence electrons. The molecule has 0 aliphatic carbocycles. The van der Waals surface area contributed by atoms with Gasteiger partial charge in [-0.15, -0.1) is 0 Å². The Kier molecular flexibility index (Phi) is 3.93. The number of ketones is 1. The summed E-state index contributed by atoms with van der Waals surface area (Å²) < 4.78 is 15.7. The molecule has 0 radical (unpaired) electrons. The van der Waals surface area contributed by atoms with E-state index in [0.29, 0.717) is 34.3 Å². The normalized spacial score (nSPS) is 10.2. The number of ether oxygens (including phenoxy) is 3. The van der Waals surface area contributed by atoms with Gasteiger partial charge in [0.1, 0.15) is 11.5 Å². The first kappa shape index (κ1) is 13.9. The van der Waals surface area contributed by atoms with Crippen molar-refractivity contribution < 1.29 is 19.0 Å². The van der Waals surface area contributed by atoms with Crippen molar-refractivity contribution in [2.75, 3.05) is 21.3 Å². The van der Waals surface area contributed by atoms with Crippen molar-refractivity contribution in [3.05, 3.63) is 35.4 Å². The number of nitrogens with zero attached hydrogens (tertiary/aromatic N) is 1. The first-order valence-corrected chi connectivity index (χ1v) is 5.97. The number of carbonyl (C=O) groups is 1. The number of aryl methyl sites for hydroxylation is 1. The quantitative estimate of drug-likeness (QED) is 0.845. The van der Waals surface area contributed by atoms with Gasteiger partial charge in [-0.1, -0.05) is 0 Å². The van der Waals surface area contributed by atoms with Crippen LogP contribution in [0.5, 0.6) is 17.2 Å². The minimum Gasteiger partial charge on any atom is -0.493 e. The first-order valence-electron chi connectivity index (χ1n) is 5.97. The highest BCUT2D eigenvalue weighted by Crippen LogP contribution is 2.38. The zero-order valence-electron chi connectivity index (χ0n) is 11.8. The summed E-state index contributed by atoms with van der Waals surface area (Å²) in [6.07, 6.45) is 1.50. The fourth-order valence-electron chi connectivity index (χ4n) is 1.90. The lowest BCUT2D eigenvalue weighted by atomic mass is 10.1. The van der Waals surface area contributed by atoms with Crippen LogP contribution in [0.1, 0.15) is 21.9 Å². The molecule has 1 aromatic heterocycles. The molecule has 6 nitrogen and oxygen atoms in total. The summed E-state index contributed by atoms with van der Waals surface area (Å²) >= 11 is 0. The number of H-pyrrole nitrogens is 1. The molecule has 0 fully saturated rings. The molecule has 0 bridgehead atoms. The van der Waals surface area contributed by atoms with Crippen LogP contribution < -0.4 is 14.2 Å². The Balaban J connectivity index is 2.49. The Morgan fingerprint density at radius 1 is 1.10 bits per heavy atom. The average Bonchev–Trinajstić information content (AvgIpc) is 2.91. The summed E-state index contributed by atoms with van der Waals surface area (Å²) in [5.74, 6) is 1.82. The smallest absolute Gasteiger partial charge is 0.211 e. The molecule has 0 aliphatic heterocycles. The number of methoxy groups -OCH3 is 3. The van der Waals surface area contributed by atoms with Crippen LogP contribution in [0.2, 0.25) is 0 Å². The minimum atomic E-state index is -0.190. The molecule has 0 unspecified atom stereocenters. The lowest BCUT2D eigenvalue weighted by molar-refractivity contribution is 0.103. The fraction of sp³-hybridized carbons (Fsp3) is 0.286. The van der Waals surface area contributed by atoms with Gasteiger partial charge < -0.3 is 19.2 Å². The molecule has 0 amide bonds. The molecular formula is C14H16N2O4. The van der Waals surface area contributed by atoms with Gasteiger partial charge in [0.25, 0.3) is 0 Å². The molecule has 1 heterocycles. The van der Waals surface area contributed by atoms with Gasteiger partial charge in [-0.2, -0.15) is 0 Å². The van der Waals surface area contributed by atoms with Crippen molar-refractivity contribution in [1.82, 2.24) is 9.97 Å². The van der Waals surface area contributed by atoms with Crippen molar-refractivity contribution >= 4 is 5.78 Å². The summed E-state index contributed by atoms with van der Waals surface area (Å²) in [5.41, 5.74) is 0.847. The van der Waals surface area contributed by atoms with E-state index < -0.39 is 0 Å². The molecule has 2 aromatic rings.